The molecule has 0 fully saturated rings. The minimum absolute atomic E-state index is 0.400. The molecule has 0 saturated heterocycles. The van der Waals surface area contributed by atoms with E-state index in [1.807, 2.05) is 0 Å². The van der Waals surface area contributed by atoms with E-state index in [1.165, 1.54) is 75.0 Å². The number of aromatic nitrogens is 4. The summed E-state index contributed by atoms with van der Waals surface area (Å²) in [7, 11) is -12.2. The first-order valence-electron chi connectivity index (χ1n) is 25.1. The average Bonchev–Trinajstić information content (AvgIpc) is 3.92. The number of nitrogens with zero attached hydrogens (tertiary/aromatic N) is 4. The van der Waals surface area contributed by atoms with E-state index in [0.29, 0.717) is 47.3 Å². The fourth-order valence-electron chi connectivity index (χ4n) is 8.83. The molecule has 20 heteroatoms. The van der Waals surface area contributed by atoms with Crippen molar-refractivity contribution in [2.45, 2.75) is 169 Å². The maximum atomic E-state index is 10.7. The van der Waals surface area contributed by atoms with Crippen LogP contribution < -0.4 is 16.9 Å². The molecule has 0 aliphatic rings. The Balaban J connectivity index is 0.000000674. The van der Waals surface area contributed by atoms with Gasteiger partial charge in [-0.2, -0.15) is 26.3 Å². The van der Waals surface area contributed by atoms with Crippen molar-refractivity contribution in [1.29, 1.82) is 0 Å². The van der Waals surface area contributed by atoms with Gasteiger partial charge in [-0.15, -0.1) is 0 Å². The second kappa shape index (κ2) is 26.0. The maximum absolute atomic E-state index is 10.7. The number of hydrogen-bond acceptors (Lipinski definition) is 6. The summed E-state index contributed by atoms with van der Waals surface area (Å²) in [5.41, 5.74) is 5.71. The molecule has 0 amide bonds. The fraction of sp³-hybridized carbons (Fsp3) is 0.464. The molecule has 418 valence electrons. The van der Waals surface area contributed by atoms with E-state index in [2.05, 4.69) is 227 Å². The van der Waals surface area contributed by atoms with Gasteiger partial charge in [-0.05, 0) is 0 Å². The van der Waals surface area contributed by atoms with Gasteiger partial charge in [-0.1, -0.05) is 0 Å². The minimum Gasteiger partial charge on any atom is -0.741 e. The summed E-state index contributed by atoms with van der Waals surface area (Å²) in [5.74, 6) is 3.20. The van der Waals surface area contributed by atoms with Gasteiger partial charge >= 0.3 is 394 Å². The molecule has 2 aromatic heterocycles. The monoisotopic (exact) mass is 1330 g/mol. The molecule has 0 radical (unpaired) electrons. The second-order valence-electron chi connectivity index (χ2n) is 21.0. The standard InChI is InChI=1S/C54H72N4Te2.2CHF3O3S/c1-33(2)41-21-17-22-42(34(3)4)49(41)55-29-30-56(50-43(35(5)6)23-18-24-44(50)36(7)8)53(55)59-60-54-57(51-45(37(9)10)25-19-26-46(51)38(11)12)31-32-58(54)52-47(39(13)14)27-20-28-48(52)40(15)16;2*2-1(3,4)8(5,6)7/h17-40H,1-16H3;2*(H,5,6,7)/q+2;;/p-2. The number of rotatable bonds is 15. The van der Waals surface area contributed by atoms with Crippen LogP contribution in [0.2, 0.25) is 0 Å². The van der Waals surface area contributed by atoms with Crippen LogP contribution in [0.25, 0.3) is 22.7 Å². The van der Waals surface area contributed by atoms with E-state index < -0.39 is 65.4 Å². The van der Waals surface area contributed by atoms with Gasteiger partial charge < -0.3 is 9.11 Å². The number of imidazole rings is 2. The molecular weight excluding hydrogens is 1260 g/mol. The van der Waals surface area contributed by atoms with E-state index in [1.54, 1.807) is 0 Å². The number of halogens is 6. The molecule has 0 aliphatic heterocycles. The summed E-state index contributed by atoms with van der Waals surface area (Å²) in [6.07, 6.45) is 9.68. The summed E-state index contributed by atoms with van der Waals surface area (Å²) in [4.78, 5) is 0. The number of hydrogen-bond donors (Lipinski definition) is 0. The normalized spacial score (nSPS) is 12.7. The van der Waals surface area contributed by atoms with Crippen LogP contribution in [0.15, 0.2) is 97.6 Å². The molecular formula is C56H72F6N4O6S2Te2. The largest absolute Gasteiger partial charge is 0.741 e. The first-order valence-corrected chi connectivity index (χ1v) is 37.6. The van der Waals surface area contributed by atoms with Gasteiger partial charge in [0.25, 0.3) is 0 Å². The Morgan fingerprint density at radius 3 is 0.750 bits per heavy atom. The summed E-state index contributed by atoms with van der Waals surface area (Å²) < 4.78 is 131. The molecule has 6 aromatic rings. The molecule has 0 saturated carbocycles. The Kier molecular flexibility index (Phi) is 22.2. The first kappa shape index (κ1) is 64.8. The molecule has 0 aliphatic carbocycles. The van der Waals surface area contributed by atoms with Crippen LogP contribution in [0, 0.1) is 0 Å². The third-order valence-corrected chi connectivity index (χ3v) is 24.4. The summed E-state index contributed by atoms with van der Waals surface area (Å²) in [6.45, 7) is 37.8. The van der Waals surface area contributed by atoms with Gasteiger partial charge in [0.2, 0.25) is 0 Å². The van der Waals surface area contributed by atoms with E-state index in [-0.39, 0.29) is 0 Å². The van der Waals surface area contributed by atoms with Crippen LogP contribution in [-0.4, -0.2) is 80.2 Å². The van der Waals surface area contributed by atoms with Crippen molar-refractivity contribution in [3.05, 3.63) is 142 Å². The van der Waals surface area contributed by atoms with Gasteiger partial charge in [0, 0.05) is 0 Å². The predicted octanol–water partition coefficient (Wildman–Crippen LogP) is 12.2. The van der Waals surface area contributed by atoms with Crippen LogP contribution in [-0.2, 0) is 20.2 Å². The summed E-state index contributed by atoms with van der Waals surface area (Å²) >= 11 is -1.58. The van der Waals surface area contributed by atoms with Gasteiger partial charge in [0.15, 0.2) is 20.2 Å². The number of alkyl halides is 6. The van der Waals surface area contributed by atoms with E-state index in [9.17, 15) is 26.3 Å². The van der Waals surface area contributed by atoms with Crippen LogP contribution in [0.1, 0.15) is 203 Å². The average molecular weight is 1330 g/mol. The van der Waals surface area contributed by atoms with Crippen molar-refractivity contribution in [2.24, 2.45) is 0 Å². The molecule has 0 atom stereocenters. The summed E-state index contributed by atoms with van der Waals surface area (Å²) in [6, 6.07) is 28.2. The van der Waals surface area contributed by atoms with Crippen LogP contribution in [0.5, 0.6) is 0 Å². The molecule has 6 rings (SSSR count). The third kappa shape index (κ3) is 15.1. The SMILES string of the molecule is CC(C)c1cccc(C(C)C)c1-n1cc[n+](-c2c(C(C)C)cccc2C(C)C)c1[Te][Te]c1n(-c2c(C(C)C)cccc2C(C)C)cc[n+]1-c1c(C(C)C)cccc1C(C)C.O=S(=O)([O-])C(F)(F)F.O=S(=O)([O-])C(F)(F)F. The molecule has 0 N–H and O–H groups in total. The Bertz CT molecular complexity index is 2700. The van der Waals surface area contributed by atoms with Crippen LogP contribution in [0.4, 0.5) is 26.3 Å². The Labute approximate surface area is 463 Å². The maximum Gasteiger partial charge on any atom is 0.485 e. The van der Waals surface area contributed by atoms with Crippen LogP contribution >= 0.6 is 0 Å². The first-order chi connectivity index (χ1) is 35.0. The van der Waals surface area contributed by atoms with Gasteiger partial charge in [0.05, 0.1) is 0 Å². The quantitative estimate of drug-likeness (QED) is 0.0331. The molecule has 2 heterocycles. The Hall–Kier alpha value is -3.72. The second-order valence-corrected chi connectivity index (χ2v) is 33.1. The van der Waals surface area contributed by atoms with Crippen molar-refractivity contribution in [3.8, 4) is 22.7 Å². The van der Waals surface area contributed by atoms with Crippen molar-refractivity contribution >= 4 is 62.1 Å². The topological polar surface area (TPSA) is 132 Å². The number of para-hydroxylation sites is 4. The van der Waals surface area contributed by atoms with Gasteiger partial charge in [-0.25, -0.2) is 16.8 Å². The molecule has 4 aromatic carbocycles. The van der Waals surface area contributed by atoms with Crippen molar-refractivity contribution in [3.63, 3.8) is 0 Å². The zero-order valence-corrected chi connectivity index (χ0v) is 52.3. The molecule has 0 spiro atoms. The van der Waals surface area contributed by atoms with Crippen molar-refractivity contribution < 1.29 is 61.4 Å². The van der Waals surface area contributed by atoms with E-state index in [0.717, 1.165) is 0 Å². The van der Waals surface area contributed by atoms with Crippen molar-refractivity contribution in [1.82, 2.24) is 9.13 Å². The van der Waals surface area contributed by atoms with Crippen LogP contribution in [0.3, 0.4) is 0 Å². The Morgan fingerprint density at radius 2 is 0.579 bits per heavy atom. The molecule has 76 heavy (non-hydrogen) atoms. The van der Waals surface area contributed by atoms with E-state index in [4.69, 9.17) is 25.9 Å². The zero-order chi connectivity index (χ0) is 57.7. The smallest absolute Gasteiger partial charge is 0.485 e. The third-order valence-electron chi connectivity index (χ3n) is 12.6. The zero-order valence-electron chi connectivity index (χ0n) is 46.0. The van der Waals surface area contributed by atoms with Gasteiger partial charge in [-0.3, -0.25) is 0 Å². The van der Waals surface area contributed by atoms with Crippen molar-refractivity contribution in [2.75, 3.05) is 0 Å². The Morgan fingerprint density at radius 1 is 0.395 bits per heavy atom. The fourth-order valence-corrected chi connectivity index (χ4v) is 20.9. The number of benzene rings is 4. The molecule has 0 unspecified atom stereocenters. The van der Waals surface area contributed by atoms with Gasteiger partial charge in [0.1, 0.15) is 0 Å². The predicted molar refractivity (Wildman–Crippen MR) is 290 cm³/mol. The molecule has 10 nitrogen and oxygen atoms in total. The summed E-state index contributed by atoms with van der Waals surface area (Å²) in [5, 5.41) is 0. The minimum atomic E-state index is -6.09. The molecule has 0 bridgehead atoms. The van der Waals surface area contributed by atoms with E-state index >= 15 is 0 Å².